The van der Waals surface area contributed by atoms with Crippen LogP contribution in [0, 0.1) is 5.82 Å². The first-order valence-corrected chi connectivity index (χ1v) is 10.5. The average molecular weight is 423 g/mol. The number of hydrogen-bond acceptors (Lipinski definition) is 5. The van der Waals surface area contributed by atoms with Gasteiger partial charge in [0.25, 0.3) is 0 Å². The maximum absolute atomic E-state index is 13.1. The Morgan fingerprint density at radius 2 is 1.68 bits per heavy atom. The summed E-state index contributed by atoms with van der Waals surface area (Å²) < 4.78 is 50.5. The van der Waals surface area contributed by atoms with E-state index in [2.05, 4.69) is 5.32 Å². The monoisotopic (exact) mass is 423 g/mol. The second kappa shape index (κ2) is 7.53. The van der Waals surface area contributed by atoms with E-state index in [-0.39, 0.29) is 11.7 Å². The molecule has 1 saturated heterocycles. The molecule has 0 unspecified atom stereocenters. The summed E-state index contributed by atoms with van der Waals surface area (Å²) in [6, 6.07) is 10.3. The molecule has 4 rings (SSSR count). The fourth-order valence-corrected chi connectivity index (χ4v) is 4.79. The first kappa shape index (κ1) is 18.9. The van der Waals surface area contributed by atoms with Crippen molar-refractivity contribution in [3.05, 3.63) is 48.3 Å². The molecule has 2 heterocycles. The zero-order chi connectivity index (χ0) is 19.7. The van der Waals surface area contributed by atoms with Crippen molar-refractivity contribution >= 4 is 33.0 Å². The van der Waals surface area contributed by atoms with Crippen molar-refractivity contribution < 1.29 is 22.3 Å². The summed E-state index contributed by atoms with van der Waals surface area (Å²) in [6.45, 7) is 1.70. The van der Waals surface area contributed by atoms with Gasteiger partial charge in [-0.2, -0.15) is 4.31 Å². The number of anilines is 1. The normalized spacial score (nSPS) is 16.8. The van der Waals surface area contributed by atoms with Crippen molar-refractivity contribution in [1.29, 1.82) is 0 Å². The molecule has 0 spiro atoms. The van der Waals surface area contributed by atoms with Crippen LogP contribution in [0.5, 0.6) is 11.5 Å². The standard InChI is InChI=1S/C18H18FN3O4S2/c19-13-1-4-15(5-2-13)28(23,24)22-9-7-21(8-10-22)18(27)20-14-3-6-16-17(11-14)26-12-25-16/h1-6,11H,7-10,12H2,(H,20,27). The Balaban J connectivity index is 1.37. The molecule has 0 radical (unpaired) electrons. The molecule has 0 amide bonds. The maximum atomic E-state index is 13.1. The summed E-state index contributed by atoms with van der Waals surface area (Å²) in [5.41, 5.74) is 0.774. The quantitative estimate of drug-likeness (QED) is 0.760. The van der Waals surface area contributed by atoms with Crippen LogP contribution in [0.15, 0.2) is 47.4 Å². The lowest BCUT2D eigenvalue weighted by molar-refractivity contribution is 0.174. The number of thiocarbonyl (C=S) groups is 1. The van der Waals surface area contributed by atoms with Crippen molar-refractivity contribution in [2.75, 3.05) is 38.3 Å². The van der Waals surface area contributed by atoms with Crippen molar-refractivity contribution in [1.82, 2.24) is 9.21 Å². The van der Waals surface area contributed by atoms with Crippen LogP contribution < -0.4 is 14.8 Å². The lowest BCUT2D eigenvalue weighted by Gasteiger charge is -2.35. The predicted octanol–water partition coefficient (Wildman–Crippen LogP) is 2.26. The number of rotatable bonds is 3. The molecule has 1 N–H and O–H groups in total. The lowest BCUT2D eigenvalue weighted by Crippen LogP contribution is -2.51. The van der Waals surface area contributed by atoms with Gasteiger partial charge in [0, 0.05) is 37.9 Å². The topological polar surface area (TPSA) is 71.1 Å². The van der Waals surface area contributed by atoms with Crippen molar-refractivity contribution in [2.24, 2.45) is 0 Å². The van der Waals surface area contributed by atoms with Gasteiger partial charge in [-0.1, -0.05) is 0 Å². The van der Waals surface area contributed by atoms with Crippen LogP contribution in [0.4, 0.5) is 10.1 Å². The highest BCUT2D eigenvalue weighted by atomic mass is 32.2. The highest BCUT2D eigenvalue weighted by molar-refractivity contribution is 7.89. The number of benzene rings is 2. The molecule has 7 nitrogen and oxygen atoms in total. The second-order valence-electron chi connectivity index (χ2n) is 6.34. The van der Waals surface area contributed by atoms with Gasteiger partial charge in [0.05, 0.1) is 4.90 Å². The Kier molecular flexibility index (Phi) is 5.09. The molecule has 2 aliphatic heterocycles. The third-order valence-electron chi connectivity index (χ3n) is 4.60. The summed E-state index contributed by atoms with van der Waals surface area (Å²) in [5.74, 6) is 0.878. The van der Waals surface area contributed by atoms with Crippen LogP contribution in [-0.4, -0.2) is 55.7 Å². The molecule has 2 aliphatic rings. The number of sulfonamides is 1. The average Bonchev–Trinajstić information content (AvgIpc) is 3.16. The van der Waals surface area contributed by atoms with Gasteiger partial charge in [0.1, 0.15) is 5.82 Å². The number of piperazine rings is 1. The van der Waals surface area contributed by atoms with Crippen molar-refractivity contribution in [3.63, 3.8) is 0 Å². The van der Waals surface area contributed by atoms with Gasteiger partial charge < -0.3 is 19.7 Å². The van der Waals surface area contributed by atoms with E-state index in [1.807, 2.05) is 17.0 Å². The SMILES string of the molecule is O=S(=O)(c1ccc(F)cc1)N1CCN(C(=S)Nc2ccc3c(c2)OCO3)CC1. The summed E-state index contributed by atoms with van der Waals surface area (Å²) in [5, 5.41) is 3.66. The van der Waals surface area contributed by atoms with Gasteiger partial charge in [-0.3, -0.25) is 0 Å². The molecule has 1 fully saturated rings. The molecule has 148 valence electrons. The van der Waals surface area contributed by atoms with Gasteiger partial charge in [-0.25, -0.2) is 12.8 Å². The Morgan fingerprint density at radius 1 is 1.00 bits per heavy atom. The predicted molar refractivity (Wildman–Crippen MR) is 106 cm³/mol. The van der Waals surface area contributed by atoms with E-state index in [9.17, 15) is 12.8 Å². The van der Waals surface area contributed by atoms with E-state index in [1.165, 1.54) is 16.4 Å². The van der Waals surface area contributed by atoms with E-state index < -0.39 is 15.8 Å². The molecule has 10 heteroatoms. The van der Waals surface area contributed by atoms with Crippen LogP contribution in [0.3, 0.4) is 0 Å². The highest BCUT2D eigenvalue weighted by Gasteiger charge is 2.29. The van der Waals surface area contributed by atoms with Crippen molar-refractivity contribution in [3.8, 4) is 11.5 Å². The summed E-state index contributed by atoms with van der Waals surface area (Å²) in [6.07, 6.45) is 0. The minimum absolute atomic E-state index is 0.0865. The van der Waals surface area contributed by atoms with Crippen LogP contribution in [0.25, 0.3) is 0 Å². The maximum Gasteiger partial charge on any atom is 0.243 e. The lowest BCUT2D eigenvalue weighted by atomic mass is 10.3. The van der Waals surface area contributed by atoms with Gasteiger partial charge in [0.2, 0.25) is 16.8 Å². The molecule has 0 aromatic heterocycles. The Morgan fingerprint density at radius 3 is 2.39 bits per heavy atom. The van der Waals surface area contributed by atoms with Gasteiger partial charge in [-0.15, -0.1) is 0 Å². The van der Waals surface area contributed by atoms with E-state index in [4.69, 9.17) is 21.7 Å². The van der Waals surface area contributed by atoms with Gasteiger partial charge >= 0.3 is 0 Å². The number of nitrogens with zero attached hydrogens (tertiary/aromatic N) is 2. The number of fused-ring (bicyclic) bond motifs is 1. The molecular formula is C18H18FN3O4S2. The van der Waals surface area contributed by atoms with Gasteiger partial charge in [-0.05, 0) is 48.6 Å². The Hall–Kier alpha value is -2.43. The fourth-order valence-electron chi connectivity index (χ4n) is 3.06. The molecule has 0 saturated carbocycles. The van der Waals surface area contributed by atoms with E-state index >= 15 is 0 Å². The zero-order valence-electron chi connectivity index (χ0n) is 14.8. The third kappa shape index (κ3) is 3.75. The number of ether oxygens (including phenoxy) is 2. The Bertz CT molecular complexity index is 990. The smallest absolute Gasteiger partial charge is 0.243 e. The van der Waals surface area contributed by atoms with Gasteiger partial charge in [0.15, 0.2) is 16.6 Å². The molecule has 2 aromatic carbocycles. The Labute approximate surface area is 167 Å². The minimum Gasteiger partial charge on any atom is -0.454 e. The van der Waals surface area contributed by atoms with E-state index in [1.54, 1.807) is 6.07 Å². The fraction of sp³-hybridized carbons (Fsp3) is 0.278. The molecule has 0 atom stereocenters. The highest BCUT2D eigenvalue weighted by Crippen LogP contribution is 2.34. The summed E-state index contributed by atoms with van der Waals surface area (Å²) in [7, 11) is -3.65. The summed E-state index contributed by atoms with van der Waals surface area (Å²) >= 11 is 5.46. The number of hydrogen-bond donors (Lipinski definition) is 1. The molecule has 28 heavy (non-hydrogen) atoms. The molecular weight excluding hydrogens is 405 g/mol. The van der Waals surface area contributed by atoms with Crippen molar-refractivity contribution in [2.45, 2.75) is 4.90 Å². The molecule has 0 bridgehead atoms. The number of nitrogens with one attached hydrogen (secondary N) is 1. The van der Waals surface area contributed by atoms with E-state index in [0.717, 1.165) is 17.8 Å². The first-order chi connectivity index (χ1) is 13.4. The molecule has 0 aliphatic carbocycles. The zero-order valence-corrected chi connectivity index (χ0v) is 16.4. The van der Waals surface area contributed by atoms with Crippen LogP contribution >= 0.6 is 12.2 Å². The number of halogens is 1. The van der Waals surface area contributed by atoms with E-state index in [0.29, 0.717) is 42.8 Å². The van der Waals surface area contributed by atoms with Crippen LogP contribution in [-0.2, 0) is 10.0 Å². The van der Waals surface area contributed by atoms with Crippen LogP contribution in [0.2, 0.25) is 0 Å². The second-order valence-corrected chi connectivity index (χ2v) is 8.67. The summed E-state index contributed by atoms with van der Waals surface area (Å²) in [4.78, 5) is 2.00. The first-order valence-electron chi connectivity index (χ1n) is 8.65. The largest absolute Gasteiger partial charge is 0.454 e. The third-order valence-corrected chi connectivity index (χ3v) is 6.87. The molecule has 2 aromatic rings. The van der Waals surface area contributed by atoms with Crippen LogP contribution in [0.1, 0.15) is 0 Å². The minimum atomic E-state index is -3.65.